The molecule has 4 fully saturated rings. The van der Waals surface area contributed by atoms with Crippen molar-refractivity contribution in [3.05, 3.63) is 53.7 Å². The Kier molecular flexibility index (Phi) is 8.06. The van der Waals surface area contributed by atoms with Gasteiger partial charge in [0.05, 0.1) is 31.2 Å². The lowest BCUT2D eigenvalue weighted by molar-refractivity contribution is -0.153. The number of alkyl halides is 1. The maximum absolute atomic E-state index is 13.8. The van der Waals surface area contributed by atoms with Crippen LogP contribution in [0.25, 0.3) is 16.9 Å². The average molecular weight is 679 g/mol. The van der Waals surface area contributed by atoms with Gasteiger partial charge in [-0.25, -0.2) is 14.5 Å². The Morgan fingerprint density at radius 2 is 1.70 bits per heavy atom. The number of methoxy groups -OCH3 is 2. The molecule has 2 aromatic carbocycles. The van der Waals surface area contributed by atoms with Crippen LogP contribution in [0.5, 0.6) is 11.5 Å². The minimum Gasteiger partial charge on any atom is -0.496 e. The van der Waals surface area contributed by atoms with E-state index in [1.807, 2.05) is 40.7 Å². The van der Waals surface area contributed by atoms with Gasteiger partial charge in [-0.3, -0.25) is 0 Å². The van der Waals surface area contributed by atoms with Gasteiger partial charge in [-0.15, -0.1) is 11.8 Å². The van der Waals surface area contributed by atoms with Crippen LogP contribution in [0.2, 0.25) is 0 Å². The summed E-state index contributed by atoms with van der Waals surface area (Å²) in [5.74, 6) is 4.80. The number of thioether (sulfide) groups is 1. The third-order valence-electron chi connectivity index (χ3n) is 10.2. The highest BCUT2D eigenvalue weighted by atomic mass is 79.9. The van der Waals surface area contributed by atoms with E-state index in [2.05, 4.69) is 48.0 Å². The van der Waals surface area contributed by atoms with Gasteiger partial charge in [0.2, 0.25) is 5.90 Å². The van der Waals surface area contributed by atoms with E-state index in [0.29, 0.717) is 23.1 Å². The Labute approximate surface area is 272 Å². The number of ether oxygens (including phenoxy) is 3. The molecule has 0 N–H and O–H groups in total. The molecule has 8 rings (SSSR count). The van der Waals surface area contributed by atoms with E-state index in [0.717, 1.165) is 72.0 Å². The summed E-state index contributed by atoms with van der Waals surface area (Å²) in [6.45, 7) is 4.41. The van der Waals surface area contributed by atoms with Gasteiger partial charge in [-0.1, -0.05) is 35.8 Å². The lowest BCUT2D eigenvalue weighted by atomic mass is 9.49. The number of benzene rings is 2. The van der Waals surface area contributed by atoms with Gasteiger partial charge < -0.3 is 14.2 Å². The summed E-state index contributed by atoms with van der Waals surface area (Å²) in [6.07, 6.45) is 6.73. The van der Waals surface area contributed by atoms with Crippen LogP contribution in [0.3, 0.4) is 0 Å². The second-order valence-electron chi connectivity index (χ2n) is 13.1. The van der Waals surface area contributed by atoms with E-state index in [9.17, 15) is 4.79 Å². The van der Waals surface area contributed by atoms with Gasteiger partial charge in [0, 0.05) is 10.2 Å². The minimum atomic E-state index is -0.758. The van der Waals surface area contributed by atoms with Gasteiger partial charge in [-0.2, -0.15) is 5.10 Å². The number of carbonyl (C=O) groups is 1. The number of nitrogens with zero attached hydrogens (tertiary/aromatic N) is 3. The molecule has 7 nitrogen and oxygen atoms in total. The molecule has 232 valence electrons. The van der Waals surface area contributed by atoms with Crippen LogP contribution in [0.15, 0.2) is 52.4 Å². The van der Waals surface area contributed by atoms with Crippen LogP contribution in [0.4, 0.5) is 0 Å². The first-order valence-electron chi connectivity index (χ1n) is 15.8. The molecule has 4 bridgehead atoms. The highest BCUT2D eigenvalue weighted by Gasteiger charge is 2.64. The van der Waals surface area contributed by atoms with Gasteiger partial charge in [0.15, 0.2) is 5.54 Å². The molecule has 1 aliphatic heterocycles. The summed E-state index contributed by atoms with van der Waals surface area (Å²) in [5, 5.41) is 6.15. The van der Waals surface area contributed by atoms with Crippen molar-refractivity contribution in [2.45, 2.75) is 68.7 Å². The first-order chi connectivity index (χ1) is 21.4. The lowest BCUT2D eigenvalue weighted by Gasteiger charge is -2.56. The number of halogens is 1. The zero-order valence-corrected chi connectivity index (χ0v) is 28.2. The molecule has 0 saturated heterocycles. The number of carbonyl (C=O) groups excluding carboxylic acids is 1. The van der Waals surface area contributed by atoms with Crippen LogP contribution >= 0.6 is 27.7 Å². The smallest absolute Gasteiger partial charge is 0.341 e. The van der Waals surface area contributed by atoms with E-state index >= 15 is 0 Å². The Bertz CT molecular complexity index is 1560. The molecular formula is C35H40BrN3O4S. The maximum Gasteiger partial charge on any atom is 0.341 e. The molecule has 0 unspecified atom stereocenters. The van der Waals surface area contributed by atoms with Crippen LogP contribution in [0.1, 0.15) is 69.5 Å². The van der Waals surface area contributed by atoms with Crippen molar-refractivity contribution in [2.24, 2.45) is 28.7 Å². The first kappa shape index (κ1) is 29.9. The molecule has 0 atom stereocenters. The number of rotatable bonds is 10. The molecule has 1 aromatic heterocycles. The Hall–Kier alpha value is -2.78. The normalized spacial score (nSPS) is 26.9. The van der Waals surface area contributed by atoms with Gasteiger partial charge in [0.1, 0.15) is 17.2 Å². The Morgan fingerprint density at radius 1 is 1.02 bits per heavy atom. The van der Waals surface area contributed by atoms with Crippen LogP contribution in [-0.2, 0) is 9.53 Å². The van der Waals surface area contributed by atoms with E-state index in [1.54, 1.807) is 14.2 Å². The van der Waals surface area contributed by atoms with Crippen LogP contribution < -0.4 is 9.47 Å². The molecule has 1 spiro atoms. The van der Waals surface area contributed by atoms with Crippen molar-refractivity contribution in [3.8, 4) is 28.4 Å². The zero-order valence-electron chi connectivity index (χ0n) is 25.8. The predicted octanol–water partition coefficient (Wildman–Crippen LogP) is 8.06. The molecule has 3 aromatic rings. The molecule has 4 aliphatic carbocycles. The minimum absolute atomic E-state index is 0.181. The number of esters is 1. The average Bonchev–Trinajstić information content (AvgIpc) is 3.61. The fourth-order valence-electron chi connectivity index (χ4n) is 8.41. The molecular weight excluding hydrogens is 638 g/mol. The Morgan fingerprint density at radius 3 is 2.32 bits per heavy atom. The number of hydrogen-bond donors (Lipinski definition) is 0. The summed E-state index contributed by atoms with van der Waals surface area (Å²) in [4.78, 5) is 20.2. The highest BCUT2D eigenvalue weighted by molar-refractivity contribution is 9.09. The van der Waals surface area contributed by atoms with Gasteiger partial charge in [-0.05, 0) is 116 Å². The SMILES string of the molecule is COc1cccc(OC)c1-c1cc(C2=NC3(C(=O)O2)C2CC4CC(C2)CC3C4)nn1-c1ccc(SCCCBr)cc1C(C)C. The standard InChI is InChI=1S/C35H40BrN3O4S/c1-20(2)26-18-25(44-12-6-11-36)9-10-28(26)39-29(32-30(41-3)7-5-8-31(32)42-4)19-27(38-39)33-37-35(34(40)43-33)23-14-21-13-22(16-23)17-24(35)15-21/h5,7-10,18-24H,6,11-17H2,1-4H3. The van der Waals surface area contributed by atoms with Crippen molar-refractivity contribution in [1.82, 2.24) is 9.78 Å². The molecule has 2 heterocycles. The van der Waals surface area contributed by atoms with Crippen LogP contribution in [0, 0.1) is 23.7 Å². The summed E-state index contributed by atoms with van der Waals surface area (Å²) < 4.78 is 19.7. The van der Waals surface area contributed by atoms with Crippen molar-refractivity contribution in [1.29, 1.82) is 0 Å². The summed E-state index contributed by atoms with van der Waals surface area (Å²) in [6, 6.07) is 14.3. The van der Waals surface area contributed by atoms with E-state index in [-0.39, 0.29) is 23.7 Å². The second-order valence-corrected chi connectivity index (χ2v) is 15.0. The fourth-order valence-corrected chi connectivity index (χ4v) is 9.96. The third-order valence-corrected chi connectivity index (χ3v) is 11.8. The fraction of sp³-hybridized carbons (Fsp3) is 0.514. The third kappa shape index (κ3) is 4.89. The quantitative estimate of drug-likeness (QED) is 0.0935. The molecule has 0 amide bonds. The van der Waals surface area contributed by atoms with Crippen molar-refractivity contribution in [2.75, 3.05) is 25.3 Å². The van der Waals surface area contributed by atoms with Crippen molar-refractivity contribution in [3.63, 3.8) is 0 Å². The van der Waals surface area contributed by atoms with E-state index in [4.69, 9.17) is 24.3 Å². The topological polar surface area (TPSA) is 74.9 Å². The van der Waals surface area contributed by atoms with Crippen LogP contribution in [-0.4, -0.2) is 52.5 Å². The first-order valence-corrected chi connectivity index (χ1v) is 17.9. The monoisotopic (exact) mass is 677 g/mol. The zero-order chi connectivity index (χ0) is 30.6. The molecule has 5 aliphatic rings. The van der Waals surface area contributed by atoms with Gasteiger partial charge in [0.25, 0.3) is 0 Å². The lowest BCUT2D eigenvalue weighted by Crippen LogP contribution is -2.59. The van der Waals surface area contributed by atoms with E-state index < -0.39 is 5.54 Å². The molecule has 4 saturated carbocycles. The number of cyclic esters (lactones) is 1. The van der Waals surface area contributed by atoms with Gasteiger partial charge >= 0.3 is 5.97 Å². The van der Waals surface area contributed by atoms with E-state index in [1.165, 1.54) is 16.9 Å². The molecule has 9 heteroatoms. The summed E-state index contributed by atoms with van der Waals surface area (Å²) in [5.41, 5.74) is 3.52. The highest BCUT2D eigenvalue weighted by Crippen LogP contribution is 2.61. The molecule has 44 heavy (non-hydrogen) atoms. The summed E-state index contributed by atoms with van der Waals surface area (Å²) >= 11 is 5.41. The Balaban J connectivity index is 1.37. The molecule has 0 radical (unpaired) electrons. The second kappa shape index (κ2) is 11.9. The number of hydrogen-bond acceptors (Lipinski definition) is 7. The number of aromatic nitrogens is 2. The predicted molar refractivity (Wildman–Crippen MR) is 178 cm³/mol. The summed E-state index contributed by atoms with van der Waals surface area (Å²) in [7, 11) is 3.33. The van der Waals surface area contributed by atoms with Crippen molar-refractivity contribution >= 4 is 39.6 Å². The van der Waals surface area contributed by atoms with Crippen molar-refractivity contribution < 1.29 is 19.0 Å². The maximum atomic E-state index is 13.8. The largest absolute Gasteiger partial charge is 0.496 e. The number of aliphatic imine (C=N–C) groups is 1.